The van der Waals surface area contributed by atoms with Crippen LogP contribution in [0.5, 0.6) is 5.75 Å². The first-order valence-electron chi connectivity index (χ1n) is 10.3. The number of ether oxygens (including phenoxy) is 1. The van der Waals surface area contributed by atoms with Crippen molar-refractivity contribution in [2.75, 3.05) is 38.2 Å². The molecule has 1 saturated heterocycles. The van der Waals surface area contributed by atoms with E-state index in [9.17, 15) is 9.59 Å². The lowest BCUT2D eigenvalue weighted by Crippen LogP contribution is -3.11. The third-order valence-corrected chi connectivity index (χ3v) is 5.37. The smallest absolute Gasteiger partial charge is 0.315 e. The minimum Gasteiger partial charge on any atom is -0.497 e. The summed E-state index contributed by atoms with van der Waals surface area (Å²) in [5.74, 6) is 0.716. The monoisotopic (exact) mass is 391 g/mol. The standard InChI is InChI=1S/C21H34N4O3/c1-5-24(6-2)12-8-9-16(3)22-21(27)23-17-13-20(26)25(15-17)18-10-7-11-19(14-18)28-4/h7,10-11,14,16-17H,5-6,8-9,12-13,15H2,1-4H3,(H2,22,23,27)/p+1/t16-,17+/m0/s1. The topological polar surface area (TPSA) is 75.1 Å². The second-order valence-electron chi connectivity index (χ2n) is 7.48. The summed E-state index contributed by atoms with van der Waals surface area (Å²) in [4.78, 5) is 27.9. The van der Waals surface area contributed by atoms with Crippen LogP contribution in [0.4, 0.5) is 10.5 Å². The van der Waals surface area contributed by atoms with Gasteiger partial charge in [-0.25, -0.2) is 4.79 Å². The van der Waals surface area contributed by atoms with Crippen LogP contribution in [-0.4, -0.2) is 57.3 Å². The molecule has 1 aliphatic rings. The normalized spacial score (nSPS) is 17.7. The van der Waals surface area contributed by atoms with Crippen LogP contribution in [0.2, 0.25) is 0 Å². The molecule has 2 rings (SSSR count). The van der Waals surface area contributed by atoms with Gasteiger partial charge in [0.1, 0.15) is 5.75 Å². The summed E-state index contributed by atoms with van der Waals surface area (Å²) in [7, 11) is 1.60. The zero-order valence-corrected chi connectivity index (χ0v) is 17.6. The molecule has 7 heteroatoms. The van der Waals surface area contributed by atoms with Gasteiger partial charge in [-0.15, -0.1) is 0 Å². The molecule has 1 aliphatic heterocycles. The summed E-state index contributed by atoms with van der Waals surface area (Å²) >= 11 is 0. The summed E-state index contributed by atoms with van der Waals surface area (Å²) in [5, 5.41) is 5.94. The van der Waals surface area contributed by atoms with E-state index in [1.807, 2.05) is 31.2 Å². The number of carbonyl (C=O) groups is 2. The van der Waals surface area contributed by atoms with Crippen LogP contribution in [-0.2, 0) is 4.79 Å². The van der Waals surface area contributed by atoms with Gasteiger partial charge >= 0.3 is 6.03 Å². The Hall–Kier alpha value is -2.28. The van der Waals surface area contributed by atoms with Crippen LogP contribution >= 0.6 is 0 Å². The fourth-order valence-corrected chi connectivity index (χ4v) is 3.62. The third-order valence-electron chi connectivity index (χ3n) is 5.37. The minimum absolute atomic E-state index is 0.00815. The highest BCUT2D eigenvalue weighted by Gasteiger charge is 2.31. The van der Waals surface area contributed by atoms with Crippen molar-refractivity contribution in [2.45, 2.75) is 52.1 Å². The highest BCUT2D eigenvalue weighted by atomic mass is 16.5. The Morgan fingerprint density at radius 2 is 2.11 bits per heavy atom. The Balaban J connectivity index is 1.77. The Kier molecular flexibility index (Phi) is 8.57. The number of anilines is 1. The summed E-state index contributed by atoms with van der Waals surface area (Å²) in [6.07, 6.45) is 2.35. The van der Waals surface area contributed by atoms with Crippen LogP contribution in [0.1, 0.15) is 40.0 Å². The number of methoxy groups -OCH3 is 1. The number of hydrogen-bond acceptors (Lipinski definition) is 3. The summed E-state index contributed by atoms with van der Waals surface area (Å²) in [5.41, 5.74) is 0.793. The van der Waals surface area contributed by atoms with Crippen LogP contribution < -0.4 is 25.2 Å². The molecule has 0 radical (unpaired) electrons. The second-order valence-corrected chi connectivity index (χ2v) is 7.48. The van der Waals surface area contributed by atoms with E-state index in [1.54, 1.807) is 16.9 Å². The van der Waals surface area contributed by atoms with Gasteiger partial charge in [0, 0.05) is 30.8 Å². The highest BCUT2D eigenvalue weighted by Crippen LogP contribution is 2.25. The SMILES string of the molecule is CC[NH+](CC)CCC[C@H](C)NC(=O)N[C@@H]1CC(=O)N(c2cccc(OC)c2)C1. The maximum Gasteiger partial charge on any atom is 0.315 e. The minimum atomic E-state index is -0.201. The summed E-state index contributed by atoms with van der Waals surface area (Å²) in [6.45, 7) is 10.3. The van der Waals surface area contributed by atoms with Crippen molar-refractivity contribution in [3.8, 4) is 5.75 Å². The van der Waals surface area contributed by atoms with E-state index in [-0.39, 0.29) is 24.0 Å². The molecule has 3 N–H and O–H groups in total. The lowest BCUT2D eigenvalue weighted by Gasteiger charge is -2.20. The average molecular weight is 392 g/mol. The number of benzene rings is 1. The molecule has 0 unspecified atom stereocenters. The molecule has 1 aromatic carbocycles. The fraction of sp³-hybridized carbons (Fsp3) is 0.619. The number of rotatable bonds is 10. The number of carbonyl (C=O) groups excluding carboxylic acids is 2. The van der Waals surface area contributed by atoms with Crippen molar-refractivity contribution in [3.63, 3.8) is 0 Å². The number of urea groups is 1. The fourth-order valence-electron chi connectivity index (χ4n) is 3.62. The van der Waals surface area contributed by atoms with E-state index in [0.717, 1.165) is 38.2 Å². The molecule has 7 nitrogen and oxygen atoms in total. The molecule has 0 saturated carbocycles. The number of quaternary nitrogens is 1. The molecule has 3 amide bonds. The van der Waals surface area contributed by atoms with Gasteiger partial charge in [0.25, 0.3) is 0 Å². The molecular weight excluding hydrogens is 356 g/mol. The maximum absolute atomic E-state index is 12.4. The average Bonchev–Trinajstić information content (AvgIpc) is 3.05. The van der Waals surface area contributed by atoms with E-state index >= 15 is 0 Å². The Morgan fingerprint density at radius 1 is 1.36 bits per heavy atom. The quantitative estimate of drug-likeness (QED) is 0.561. The van der Waals surface area contributed by atoms with E-state index in [1.165, 1.54) is 0 Å². The Labute approximate surface area is 168 Å². The first-order chi connectivity index (χ1) is 13.5. The van der Waals surface area contributed by atoms with Gasteiger partial charge in [-0.3, -0.25) is 4.79 Å². The molecule has 0 aliphatic carbocycles. The van der Waals surface area contributed by atoms with Crippen molar-refractivity contribution >= 4 is 17.6 Å². The maximum atomic E-state index is 12.4. The Bertz CT molecular complexity index is 648. The van der Waals surface area contributed by atoms with Gasteiger partial charge in [-0.05, 0) is 45.7 Å². The molecule has 28 heavy (non-hydrogen) atoms. The molecule has 0 spiro atoms. The predicted octanol–water partition coefficient (Wildman–Crippen LogP) is 1.19. The van der Waals surface area contributed by atoms with Crippen LogP contribution in [0, 0.1) is 0 Å². The zero-order chi connectivity index (χ0) is 20.5. The number of nitrogens with one attached hydrogen (secondary N) is 3. The number of hydrogen-bond donors (Lipinski definition) is 3. The molecule has 0 bridgehead atoms. The molecule has 1 aromatic rings. The summed E-state index contributed by atoms with van der Waals surface area (Å²) in [6, 6.07) is 7.14. The Morgan fingerprint density at radius 3 is 2.79 bits per heavy atom. The van der Waals surface area contributed by atoms with Crippen LogP contribution in [0.25, 0.3) is 0 Å². The van der Waals surface area contributed by atoms with Gasteiger partial charge in [0.2, 0.25) is 5.91 Å². The second kappa shape index (κ2) is 10.9. The van der Waals surface area contributed by atoms with Crippen molar-refractivity contribution in [1.29, 1.82) is 0 Å². The highest BCUT2D eigenvalue weighted by molar-refractivity contribution is 5.97. The first-order valence-corrected chi connectivity index (χ1v) is 10.3. The largest absolute Gasteiger partial charge is 0.497 e. The van der Waals surface area contributed by atoms with E-state index < -0.39 is 0 Å². The van der Waals surface area contributed by atoms with Crippen LogP contribution in [0.15, 0.2) is 24.3 Å². The lowest BCUT2D eigenvalue weighted by atomic mass is 10.2. The van der Waals surface area contributed by atoms with Crippen molar-refractivity contribution in [1.82, 2.24) is 10.6 Å². The van der Waals surface area contributed by atoms with E-state index in [0.29, 0.717) is 18.7 Å². The van der Waals surface area contributed by atoms with Gasteiger partial charge in [-0.2, -0.15) is 0 Å². The molecular formula is C21H35N4O3+. The molecule has 156 valence electrons. The zero-order valence-electron chi connectivity index (χ0n) is 17.6. The predicted molar refractivity (Wildman–Crippen MR) is 111 cm³/mol. The lowest BCUT2D eigenvalue weighted by molar-refractivity contribution is -0.896. The van der Waals surface area contributed by atoms with Gasteiger partial charge in [-0.1, -0.05) is 6.07 Å². The molecule has 1 fully saturated rings. The van der Waals surface area contributed by atoms with Gasteiger partial charge in [0.15, 0.2) is 0 Å². The van der Waals surface area contributed by atoms with E-state index in [4.69, 9.17) is 4.74 Å². The summed E-state index contributed by atoms with van der Waals surface area (Å²) < 4.78 is 5.23. The van der Waals surface area contributed by atoms with Crippen molar-refractivity contribution in [2.24, 2.45) is 0 Å². The molecule has 2 atom stereocenters. The molecule has 1 heterocycles. The number of amides is 3. The van der Waals surface area contributed by atoms with Gasteiger partial charge in [0.05, 0.1) is 32.8 Å². The molecule has 0 aromatic heterocycles. The third kappa shape index (κ3) is 6.41. The number of nitrogens with zero attached hydrogens (tertiary/aromatic N) is 1. The van der Waals surface area contributed by atoms with E-state index in [2.05, 4.69) is 24.5 Å². The van der Waals surface area contributed by atoms with Gasteiger partial charge < -0.3 is 25.2 Å². The van der Waals surface area contributed by atoms with Crippen molar-refractivity contribution in [3.05, 3.63) is 24.3 Å². The first kappa shape index (κ1) is 22.0. The van der Waals surface area contributed by atoms with Crippen molar-refractivity contribution < 1.29 is 19.2 Å². The van der Waals surface area contributed by atoms with Crippen LogP contribution in [0.3, 0.4) is 0 Å².